The van der Waals surface area contributed by atoms with Crippen molar-refractivity contribution in [1.29, 1.82) is 0 Å². The van der Waals surface area contributed by atoms with Crippen molar-refractivity contribution < 1.29 is 4.79 Å². The van der Waals surface area contributed by atoms with Crippen molar-refractivity contribution in [3.8, 4) is 0 Å². The van der Waals surface area contributed by atoms with E-state index in [0.717, 1.165) is 5.56 Å². The molecule has 1 aromatic carbocycles. The van der Waals surface area contributed by atoms with Crippen molar-refractivity contribution in [3.63, 3.8) is 0 Å². The predicted octanol–water partition coefficient (Wildman–Crippen LogP) is 3.19. The van der Waals surface area contributed by atoms with E-state index in [0.29, 0.717) is 5.56 Å². The lowest BCUT2D eigenvalue weighted by Crippen LogP contribution is -2.06. The Hall–Kier alpha value is -1.54. The van der Waals surface area contributed by atoms with E-state index < -0.39 is 5.38 Å². The van der Waals surface area contributed by atoms with Crippen molar-refractivity contribution in [1.82, 2.24) is 4.57 Å². The fraction of sp³-hybridized carbons (Fsp3) is 0.154. The van der Waals surface area contributed by atoms with Crippen molar-refractivity contribution in [2.75, 3.05) is 0 Å². The van der Waals surface area contributed by atoms with E-state index in [2.05, 4.69) is 0 Å². The minimum Gasteiger partial charge on any atom is -0.357 e. The zero-order chi connectivity index (χ0) is 11.5. The van der Waals surface area contributed by atoms with E-state index in [1.165, 1.54) is 0 Å². The Morgan fingerprint density at radius 3 is 2.50 bits per heavy atom. The van der Waals surface area contributed by atoms with Gasteiger partial charge in [-0.1, -0.05) is 30.3 Å². The highest BCUT2D eigenvalue weighted by molar-refractivity contribution is 6.33. The summed E-state index contributed by atoms with van der Waals surface area (Å²) in [4.78, 5) is 12.0. The van der Waals surface area contributed by atoms with Gasteiger partial charge in [-0.25, -0.2) is 0 Å². The normalized spacial score (nSPS) is 12.4. The van der Waals surface area contributed by atoms with Crippen LogP contribution in [0.15, 0.2) is 48.8 Å². The van der Waals surface area contributed by atoms with Crippen molar-refractivity contribution in [2.24, 2.45) is 7.05 Å². The Morgan fingerprint density at radius 1 is 1.25 bits per heavy atom. The molecule has 0 aliphatic carbocycles. The lowest BCUT2D eigenvalue weighted by atomic mass is 10.1. The van der Waals surface area contributed by atoms with Gasteiger partial charge in [-0.05, 0) is 11.6 Å². The molecule has 0 fully saturated rings. The molecule has 0 spiro atoms. The Labute approximate surface area is 99.5 Å². The van der Waals surface area contributed by atoms with Crippen LogP contribution < -0.4 is 0 Å². The monoisotopic (exact) mass is 233 g/mol. The maximum atomic E-state index is 12.0. The van der Waals surface area contributed by atoms with Crippen LogP contribution in [0, 0.1) is 0 Å². The topological polar surface area (TPSA) is 22.0 Å². The van der Waals surface area contributed by atoms with Crippen LogP contribution >= 0.6 is 11.6 Å². The number of ketones is 1. The van der Waals surface area contributed by atoms with E-state index in [-0.39, 0.29) is 5.78 Å². The molecule has 0 radical (unpaired) electrons. The Balaban J connectivity index is 2.23. The van der Waals surface area contributed by atoms with Crippen molar-refractivity contribution in [2.45, 2.75) is 5.38 Å². The van der Waals surface area contributed by atoms with E-state index in [4.69, 9.17) is 11.6 Å². The lowest BCUT2D eigenvalue weighted by Gasteiger charge is -2.07. The van der Waals surface area contributed by atoms with Gasteiger partial charge < -0.3 is 4.57 Å². The Morgan fingerprint density at radius 2 is 1.94 bits per heavy atom. The number of aromatic nitrogens is 1. The minimum atomic E-state index is -0.608. The molecule has 0 aliphatic heterocycles. The van der Waals surface area contributed by atoms with Gasteiger partial charge in [0.1, 0.15) is 5.38 Å². The zero-order valence-electron chi connectivity index (χ0n) is 8.93. The molecular formula is C13H12ClNO. The average molecular weight is 234 g/mol. The Kier molecular flexibility index (Phi) is 3.11. The highest BCUT2D eigenvalue weighted by Crippen LogP contribution is 2.24. The maximum Gasteiger partial charge on any atom is 0.186 e. The number of aryl methyl sites for hydroxylation is 1. The molecule has 2 aromatic rings. The standard InChI is InChI=1S/C13H12ClNO/c1-15-8-7-11(9-15)13(16)12(14)10-5-3-2-4-6-10/h2-9,12H,1H3. The third kappa shape index (κ3) is 2.17. The number of benzene rings is 1. The lowest BCUT2D eigenvalue weighted by molar-refractivity contribution is 0.0987. The second kappa shape index (κ2) is 4.54. The molecule has 16 heavy (non-hydrogen) atoms. The highest BCUT2D eigenvalue weighted by atomic mass is 35.5. The summed E-state index contributed by atoms with van der Waals surface area (Å²) in [6.45, 7) is 0. The summed E-state index contributed by atoms with van der Waals surface area (Å²) < 4.78 is 1.84. The molecule has 0 bridgehead atoms. The molecular weight excluding hydrogens is 222 g/mol. The molecule has 0 aliphatic rings. The molecule has 1 unspecified atom stereocenters. The number of alkyl halides is 1. The van der Waals surface area contributed by atoms with Crippen LogP contribution in [0.1, 0.15) is 21.3 Å². The SMILES string of the molecule is Cn1ccc(C(=O)C(Cl)c2ccccc2)c1. The first kappa shape index (κ1) is 11.0. The molecule has 0 amide bonds. The van der Waals surface area contributed by atoms with Crippen LogP contribution in [-0.4, -0.2) is 10.4 Å². The van der Waals surface area contributed by atoms with Crippen molar-refractivity contribution >= 4 is 17.4 Å². The van der Waals surface area contributed by atoms with Gasteiger partial charge >= 0.3 is 0 Å². The van der Waals surface area contributed by atoms with E-state index in [1.54, 1.807) is 12.3 Å². The van der Waals surface area contributed by atoms with Gasteiger partial charge in [0.05, 0.1) is 0 Å². The van der Waals surface area contributed by atoms with Gasteiger partial charge in [-0.3, -0.25) is 4.79 Å². The first-order valence-electron chi connectivity index (χ1n) is 5.03. The molecule has 3 heteroatoms. The number of hydrogen-bond donors (Lipinski definition) is 0. The summed E-state index contributed by atoms with van der Waals surface area (Å²) in [5.41, 5.74) is 1.48. The molecule has 2 nitrogen and oxygen atoms in total. The summed E-state index contributed by atoms with van der Waals surface area (Å²) in [6.07, 6.45) is 3.61. The molecule has 1 heterocycles. The number of hydrogen-bond acceptors (Lipinski definition) is 1. The van der Waals surface area contributed by atoms with Crippen LogP contribution in [0.2, 0.25) is 0 Å². The van der Waals surface area contributed by atoms with Crippen LogP contribution in [0.25, 0.3) is 0 Å². The summed E-state index contributed by atoms with van der Waals surface area (Å²) in [5.74, 6) is -0.0616. The summed E-state index contributed by atoms with van der Waals surface area (Å²) in [6, 6.07) is 11.2. The fourth-order valence-corrected chi connectivity index (χ4v) is 1.84. The zero-order valence-corrected chi connectivity index (χ0v) is 9.69. The summed E-state index contributed by atoms with van der Waals surface area (Å²) >= 11 is 6.14. The number of Topliss-reactive ketones (excluding diaryl/α,β-unsaturated/α-hetero) is 1. The molecule has 0 saturated heterocycles. The van der Waals surface area contributed by atoms with Crippen LogP contribution in [0.3, 0.4) is 0 Å². The average Bonchev–Trinajstić information content (AvgIpc) is 2.75. The second-order valence-electron chi connectivity index (χ2n) is 3.70. The van der Waals surface area contributed by atoms with Crippen LogP contribution in [-0.2, 0) is 7.05 Å². The second-order valence-corrected chi connectivity index (χ2v) is 4.14. The summed E-state index contributed by atoms with van der Waals surface area (Å²) in [5, 5.41) is -0.608. The van der Waals surface area contributed by atoms with Gasteiger partial charge in [0.15, 0.2) is 5.78 Å². The van der Waals surface area contributed by atoms with Crippen LogP contribution in [0.4, 0.5) is 0 Å². The molecule has 0 saturated carbocycles. The quantitative estimate of drug-likeness (QED) is 0.590. The number of halogens is 1. The van der Waals surface area contributed by atoms with Crippen LogP contribution in [0.5, 0.6) is 0 Å². The molecule has 1 atom stereocenters. The number of nitrogens with zero attached hydrogens (tertiary/aromatic N) is 1. The smallest absolute Gasteiger partial charge is 0.186 e. The van der Waals surface area contributed by atoms with E-state index in [1.807, 2.05) is 48.1 Å². The maximum absolute atomic E-state index is 12.0. The molecule has 1 aromatic heterocycles. The van der Waals surface area contributed by atoms with Gasteiger partial charge in [0.25, 0.3) is 0 Å². The molecule has 82 valence electrons. The third-order valence-corrected chi connectivity index (χ3v) is 2.89. The van der Waals surface area contributed by atoms with E-state index >= 15 is 0 Å². The third-order valence-electron chi connectivity index (χ3n) is 2.44. The van der Waals surface area contributed by atoms with Gasteiger partial charge in [0.2, 0.25) is 0 Å². The van der Waals surface area contributed by atoms with Gasteiger partial charge in [-0.15, -0.1) is 11.6 Å². The molecule has 2 rings (SSSR count). The largest absolute Gasteiger partial charge is 0.357 e. The minimum absolute atomic E-state index is 0.0616. The number of rotatable bonds is 3. The number of carbonyl (C=O) groups is 1. The fourth-order valence-electron chi connectivity index (χ4n) is 1.57. The summed E-state index contributed by atoms with van der Waals surface area (Å²) in [7, 11) is 1.88. The highest BCUT2D eigenvalue weighted by Gasteiger charge is 2.19. The van der Waals surface area contributed by atoms with E-state index in [9.17, 15) is 4.79 Å². The van der Waals surface area contributed by atoms with Gasteiger partial charge in [-0.2, -0.15) is 0 Å². The number of carbonyl (C=O) groups excluding carboxylic acids is 1. The first-order chi connectivity index (χ1) is 7.68. The molecule has 0 N–H and O–H groups in total. The Bertz CT molecular complexity index is 490. The van der Waals surface area contributed by atoms with Crippen molar-refractivity contribution in [3.05, 3.63) is 59.9 Å². The van der Waals surface area contributed by atoms with Gasteiger partial charge in [0, 0.05) is 25.0 Å². The first-order valence-corrected chi connectivity index (χ1v) is 5.47. The predicted molar refractivity (Wildman–Crippen MR) is 64.8 cm³/mol.